The van der Waals surface area contributed by atoms with Crippen LogP contribution in [0, 0.1) is 6.92 Å². The van der Waals surface area contributed by atoms with Crippen molar-refractivity contribution in [1.82, 2.24) is 0 Å². The van der Waals surface area contributed by atoms with Gasteiger partial charge in [0.1, 0.15) is 12.4 Å². The van der Waals surface area contributed by atoms with Crippen LogP contribution >= 0.6 is 0 Å². The van der Waals surface area contributed by atoms with E-state index in [2.05, 4.69) is 0 Å². The zero-order valence-corrected chi connectivity index (χ0v) is 10.5. The van der Waals surface area contributed by atoms with Gasteiger partial charge in [0.25, 0.3) is 0 Å². The van der Waals surface area contributed by atoms with E-state index in [1.807, 2.05) is 43.3 Å². The molecule has 2 aromatic rings. The molecule has 0 saturated heterocycles. The average molecular weight is 244 g/mol. The Kier molecular flexibility index (Phi) is 3.72. The van der Waals surface area contributed by atoms with E-state index in [4.69, 9.17) is 9.47 Å². The molecule has 94 valence electrons. The maximum absolute atomic E-state index is 9.78. The minimum atomic E-state index is 0.255. The number of methoxy groups -OCH3 is 1. The van der Waals surface area contributed by atoms with E-state index in [-0.39, 0.29) is 5.75 Å². The van der Waals surface area contributed by atoms with Crippen LogP contribution in [0.3, 0.4) is 0 Å². The lowest BCUT2D eigenvalue weighted by Gasteiger charge is -2.11. The van der Waals surface area contributed by atoms with Gasteiger partial charge >= 0.3 is 0 Å². The van der Waals surface area contributed by atoms with Crippen LogP contribution in [0.4, 0.5) is 0 Å². The maximum Gasteiger partial charge on any atom is 0.161 e. The number of aryl methyl sites for hydroxylation is 1. The summed E-state index contributed by atoms with van der Waals surface area (Å²) in [6.07, 6.45) is 0. The molecule has 0 spiro atoms. The third-order valence-electron chi connectivity index (χ3n) is 2.69. The van der Waals surface area contributed by atoms with Crippen molar-refractivity contribution in [3.63, 3.8) is 0 Å². The SMILES string of the molecule is COc1ccccc1OCc1ccc(C)cc1O. The lowest BCUT2D eigenvalue weighted by atomic mass is 10.1. The van der Waals surface area contributed by atoms with Crippen molar-refractivity contribution in [2.24, 2.45) is 0 Å². The number of hydrogen-bond donors (Lipinski definition) is 1. The molecule has 1 N–H and O–H groups in total. The Bertz CT molecular complexity index is 535. The second-order valence-electron chi connectivity index (χ2n) is 4.07. The number of ether oxygens (including phenoxy) is 2. The Morgan fingerprint density at radius 1 is 1.06 bits per heavy atom. The fourth-order valence-corrected chi connectivity index (χ4v) is 1.69. The van der Waals surface area contributed by atoms with Crippen LogP contribution in [0.25, 0.3) is 0 Å². The number of phenols is 1. The molecule has 3 nitrogen and oxygen atoms in total. The van der Waals surface area contributed by atoms with Crippen molar-refractivity contribution in [2.45, 2.75) is 13.5 Å². The second kappa shape index (κ2) is 5.45. The van der Waals surface area contributed by atoms with Crippen molar-refractivity contribution in [2.75, 3.05) is 7.11 Å². The first-order valence-corrected chi connectivity index (χ1v) is 5.75. The largest absolute Gasteiger partial charge is 0.508 e. The third-order valence-corrected chi connectivity index (χ3v) is 2.69. The van der Waals surface area contributed by atoms with Gasteiger partial charge in [0.05, 0.1) is 7.11 Å². The smallest absolute Gasteiger partial charge is 0.161 e. The van der Waals surface area contributed by atoms with E-state index in [1.54, 1.807) is 13.2 Å². The standard InChI is InChI=1S/C15H16O3/c1-11-7-8-12(13(16)9-11)10-18-15-6-4-3-5-14(15)17-2/h3-9,16H,10H2,1-2H3. The predicted octanol–water partition coefficient (Wildman–Crippen LogP) is 3.29. The first kappa shape index (κ1) is 12.3. The summed E-state index contributed by atoms with van der Waals surface area (Å²) >= 11 is 0. The lowest BCUT2D eigenvalue weighted by molar-refractivity contribution is 0.279. The quantitative estimate of drug-likeness (QED) is 0.897. The molecule has 2 rings (SSSR count). The lowest BCUT2D eigenvalue weighted by Crippen LogP contribution is -1.98. The molecular formula is C15H16O3. The highest BCUT2D eigenvalue weighted by molar-refractivity contribution is 5.40. The minimum absolute atomic E-state index is 0.255. The Labute approximate surface area is 107 Å². The van der Waals surface area contributed by atoms with Gasteiger partial charge in [0.15, 0.2) is 11.5 Å². The molecule has 0 atom stereocenters. The van der Waals surface area contributed by atoms with E-state index < -0.39 is 0 Å². The average Bonchev–Trinajstić information content (AvgIpc) is 2.38. The normalized spacial score (nSPS) is 10.1. The van der Waals surface area contributed by atoms with Crippen LogP contribution in [-0.4, -0.2) is 12.2 Å². The number of para-hydroxylation sites is 2. The monoisotopic (exact) mass is 244 g/mol. The Morgan fingerprint density at radius 3 is 2.44 bits per heavy atom. The molecule has 0 aliphatic rings. The Morgan fingerprint density at radius 2 is 1.78 bits per heavy atom. The van der Waals surface area contributed by atoms with Crippen LogP contribution in [0.2, 0.25) is 0 Å². The van der Waals surface area contributed by atoms with Crippen LogP contribution < -0.4 is 9.47 Å². The van der Waals surface area contributed by atoms with Gasteiger partial charge < -0.3 is 14.6 Å². The van der Waals surface area contributed by atoms with Crippen molar-refractivity contribution < 1.29 is 14.6 Å². The fourth-order valence-electron chi connectivity index (χ4n) is 1.69. The van der Waals surface area contributed by atoms with Crippen molar-refractivity contribution in [3.8, 4) is 17.2 Å². The molecule has 0 bridgehead atoms. The molecule has 0 saturated carbocycles. The van der Waals surface area contributed by atoms with Crippen molar-refractivity contribution in [3.05, 3.63) is 53.6 Å². The van der Waals surface area contributed by atoms with Gasteiger partial charge in [-0.15, -0.1) is 0 Å². The first-order valence-electron chi connectivity index (χ1n) is 5.75. The molecule has 0 unspecified atom stereocenters. The van der Waals surface area contributed by atoms with Gasteiger partial charge in [0, 0.05) is 5.56 Å². The Hall–Kier alpha value is -2.16. The van der Waals surface area contributed by atoms with Gasteiger partial charge in [-0.05, 0) is 30.7 Å². The van der Waals surface area contributed by atoms with Crippen LogP contribution in [0.15, 0.2) is 42.5 Å². The molecule has 0 heterocycles. The molecule has 18 heavy (non-hydrogen) atoms. The molecule has 0 radical (unpaired) electrons. The number of rotatable bonds is 4. The van der Waals surface area contributed by atoms with Crippen LogP contribution in [0.1, 0.15) is 11.1 Å². The van der Waals surface area contributed by atoms with E-state index >= 15 is 0 Å². The number of benzene rings is 2. The maximum atomic E-state index is 9.78. The highest BCUT2D eigenvalue weighted by Gasteiger charge is 2.05. The molecule has 0 aliphatic heterocycles. The molecule has 0 amide bonds. The summed E-state index contributed by atoms with van der Waals surface area (Å²) in [5, 5.41) is 9.78. The highest BCUT2D eigenvalue weighted by atomic mass is 16.5. The molecular weight excluding hydrogens is 228 g/mol. The number of hydrogen-bond acceptors (Lipinski definition) is 3. The predicted molar refractivity (Wildman–Crippen MR) is 70.2 cm³/mol. The second-order valence-corrected chi connectivity index (χ2v) is 4.07. The molecule has 3 heteroatoms. The van der Waals surface area contributed by atoms with Crippen molar-refractivity contribution >= 4 is 0 Å². The summed E-state index contributed by atoms with van der Waals surface area (Å²) < 4.78 is 10.8. The first-order chi connectivity index (χ1) is 8.70. The van der Waals surface area contributed by atoms with Gasteiger partial charge in [-0.25, -0.2) is 0 Å². The van der Waals surface area contributed by atoms with E-state index in [1.165, 1.54) is 0 Å². The van der Waals surface area contributed by atoms with Crippen LogP contribution in [0.5, 0.6) is 17.2 Å². The fraction of sp³-hybridized carbons (Fsp3) is 0.200. The van der Waals surface area contributed by atoms with Gasteiger partial charge in [0.2, 0.25) is 0 Å². The molecule has 2 aromatic carbocycles. The summed E-state index contributed by atoms with van der Waals surface area (Å²) in [6.45, 7) is 2.25. The summed E-state index contributed by atoms with van der Waals surface area (Å²) in [5.74, 6) is 1.61. The molecule has 0 aromatic heterocycles. The molecule has 0 aliphatic carbocycles. The van der Waals surface area contributed by atoms with Crippen LogP contribution in [-0.2, 0) is 6.61 Å². The topological polar surface area (TPSA) is 38.7 Å². The summed E-state index contributed by atoms with van der Waals surface area (Å²) in [7, 11) is 1.60. The van der Waals surface area contributed by atoms with Gasteiger partial charge in [-0.1, -0.05) is 24.3 Å². The third kappa shape index (κ3) is 2.74. The number of aromatic hydroxyl groups is 1. The molecule has 0 fully saturated rings. The van der Waals surface area contributed by atoms with E-state index in [0.29, 0.717) is 18.1 Å². The zero-order valence-electron chi connectivity index (χ0n) is 10.5. The highest BCUT2D eigenvalue weighted by Crippen LogP contribution is 2.28. The number of phenolic OH excluding ortho intramolecular Hbond substituents is 1. The van der Waals surface area contributed by atoms with Gasteiger partial charge in [-0.2, -0.15) is 0 Å². The van der Waals surface area contributed by atoms with E-state index in [0.717, 1.165) is 11.1 Å². The summed E-state index contributed by atoms with van der Waals surface area (Å²) in [6, 6.07) is 13.0. The van der Waals surface area contributed by atoms with E-state index in [9.17, 15) is 5.11 Å². The summed E-state index contributed by atoms with van der Waals surface area (Å²) in [5.41, 5.74) is 1.78. The zero-order chi connectivity index (χ0) is 13.0. The van der Waals surface area contributed by atoms with Crippen molar-refractivity contribution in [1.29, 1.82) is 0 Å². The van der Waals surface area contributed by atoms with Gasteiger partial charge in [-0.3, -0.25) is 0 Å². The Balaban J connectivity index is 2.11. The minimum Gasteiger partial charge on any atom is -0.508 e. The summed E-state index contributed by atoms with van der Waals surface area (Å²) in [4.78, 5) is 0.